The molecule has 0 saturated heterocycles. The number of sulfonamides is 1. The van der Waals surface area contributed by atoms with Crippen LogP contribution in [0.5, 0.6) is 5.75 Å². The Morgan fingerprint density at radius 2 is 2.06 bits per heavy atom. The summed E-state index contributed by atoms with van der Waals surface area (Å²) in [5, 5.41) is 11.3. The van der Waals surface area contributed by atoms with Crippen molar-refractivity contribution >= 4 is 15.9 Å². The van der Waals surface area contributed by atoms with Gasteiger partial charge in [0.25, 0.3) is 5.91 Å². The molecular weight excluding hydrogens is 263 g/mol. The van der Waals surface area contributed by atoms with Crippen LogP contribution in [0.4, 0.5) is 4.39 Å². The second kappa shape index (κ2) is 5.78. The molecule has 0 aliphatic rings. The molecule has 0 aliphatic heterocycles. The third-order valence-electron chi connectivity index (χ3n) is 1.97. The number of carbonyl (C=O) groups excluding carboxylic acids is 1. The van der Waals surface area contributed by atoms with Gasteiger partial charge in [0.1, 0.15) is 11.6 Å². The van der Waals surface area contributed by atoms with Gasteiger partial charge in [-0.15, -0.1) is 0 Å². The highest BCUT2D eigenvalue weighted by molar-refractivity contribution is 7.88. The third-order valence-corrected chi connectivity index (χ3v) is 2.70. The molecule has 0 bridgehead atoms. The molecule has 100 valence electrons. The van der Waals surface area contributed by atoms with E-state index in [0.29, 0.717) is 0 Å². The maximum atomic E-state index is 13.3. The van der Waals surface area contributed by atoms with Crippen LogP contribution >= 0.6 is 0 Å². The van der Waals surface area contributed by atoms with E-state index < -0.39 is 21.7 Å². The van der Waals surface area contributed by atoms with Gasteiger partial charge in [-0.2, -0.15) is 0 Å². The highest BCUT2D eigenvalue weighted by Crippen LogP contribution is 2.14. The van der Waals surface area contributed by atoms with Gasteiger partial charge in [0.2, 0.25) is 10.0 Å². The first-order valence-electron chi connectivity index (χ1n) is 5.01. The lowest BCUT2D eigenvalue weighted by Gasteiger charge is -2.06. The third kappa shape index (κ3) is 4.68. The lowest BCUT2D eigenvalue weighted by molar-refractivity contribution is 0.0950. The highest BCUT2D eigenvalue weighted by atomic mass is 32.2. The molecule has 0 saturated carbocycles. The summed E-state index contributed by atoms with van der Waals surface area (Å²) in [5.74, 6) is -1.80. The average molecular weight is 276 g/mol. The number of aromatic hydroxyl groups is 1. The van der Waals surface area contributed by atoms with E-state index in [-0.39, 0.29) is 24.4 Å². The van der Waals surface area contributed by atoms with Crippen molar-refractivity contribution in [1.29, 1.82) is 0 Å². The molecule has 0 aromatic heterocycles. The van der Waals surface area contributed by atoms with Crippen molar-refractivity contribution < 1.29 is 22.7 Å². The topological polar surface area (TPSA) is 95.5 Å². The Balaban J connectivity index is 2.51. The molecule has 0 aliphatic carbocycles. The second-order valence-corrected chi connectivity index (χ2v) is 5.42. The summed E-state index contributed by atoms with van der Waals surface area (Å²) in [5.41, 5.74) is -0.216. The molecular formula is C10H13FN2O4S. The van der Waals surface area contributed by atoms with Crippen LogP contribution in [0, 0.1) is 5.82 Å². The van der Waals surface area contributed by atoms with Gasteiger partial charge < -0.3 is 10.4 Å². The van der Waals surface area contributed by atoms with Crippen molar-refractivity contribution in [2.45, 2.75) is 0 Å². The Hall–Kier alpha value is -1.67. The first-order valence-corrected chi connectivity index (χ1v) is 6.90. The largest absolute Gasteiger partial charge is 0.508 e. The normalized spacial score (nSPS) is 11.2. The predicted molar refractivity (Wildman–Crippen MR) is 63.2 cm³/mol. The fourth-order valence-electron chi connectivity index (χ4n) is 1.20. The number of carbonyl (C=O) groups is 1. The van der Waals surface area contributed by atoms with E-state index in [9.17, 15) is 17.6 Å². The summed E-state index contributed by atoms with van der Waals surface area (Å²) in [4.78, 5) is 11.5. The molecule has 6 nitrogen and oxygen atoms in total. The van der Waals surface area contributed by atoms with Crippen LogP contribution in [0.1, 0.15) is 10.4 Å². The number of amides is 1. The molecule has 0 fully saturated rings. The number of phenols is 1. The van der Waals surface area contributed by atoms with E-state index in [1.807, 2.05) is 0 Å². The van der Waals surface area contributed by atoms with Crippen molar-refractivity contribution in [3.05, 3.63) is 29.6 Å². The van der Waals surface area contributed by atoms with Gasteiger partial charge in [-0.05, 0) is 12.1 Å². The lowest BCUT2D eigenvalue weighted by Crippen LogP contribution is -2.34. The number of hydrogen-bond acceptors (Lipinski definition) is 4. The van der Waals surface area contributed by atoms with Crippen molar-refractivity contribution in [2.24, 2.45) is 0 Å². The van der Waals surface area contributed by atoms with Crippen molar-refractivity contribution in [1.82, 2.24) is 10.0 Å². The van der Waals surface area contributed by atoms with Crippen LogP contribution in [-0.2, 0) is 10.0 Å². The predicted octanol–water partition coefficient (Wildman–Crippen LogP) is -0.190. The molecule has 0 unspecified atom stereocenters. The number of halogens is 1. The fraction of sp³-hybridized carbons (Fsp3) is 0.300. The van der Waals surface area contributed by atoms with E-state index in [2.05, 4.69) is 10.0 Å². The van der Waals surface area contributed by atoms with Crippen LogP contribution in [0.2, 0.25) is 0 Å². The lowest BCUT2D eigenvalue weighted by atomic mass is 10.2. The van der Waals surface area contributed by atoms with E-state index >= 15 is 0 Å². The molecule has 1 amide bonds. The Morgan fingerprint density at radius 1 is 1.39 bits per heavy atom. The summed E-state index contributed by atoms with van der Waals surface area (Å²) >= 11 is 0. The quantitative estimate of drug-likeness (QED) is 0.650. The van der Waals surface area contributed by atoms with Gasteiger partial charge in [-0.25, -0.2) is 17.5 Å². The molecule has 18 heavy (non-hydrogen) atoms. The van der Waals surface area contributed by atoms with E-state index in [1.165, 1.54) is 6.07 Å². The summed E-state index contributed by atoms with van der Waals surface area (Å²) in [6.07, 6.45) is 0.995. The summed E-state index contributed by atoms with van der Waals surface area (Å²) in [6.45, 7) is 0.0521. The van der Waals surface area contributed by atoms with Crippen molar-refractivity contribution in [3.63, 3.8) is 0 Å². The summed E-state index contributed by atoms with van der Waals surface area (Å²) in [7, 11) is -3.31. The number of rotatable bonds is 5. The van der Waals surface area contributed by atoms with Crippen LogP contribution in [0.3, 0.4) is 0 Å². The highest BCUT2D eigenvalue weighted by Gasteiger charge is 2.11. The average Bonchev–Trinajstić information content (AvgIpc) is 2.22. The molecule has 1 aromatic rings. The van der Waals surface area contributed by atoms with Crippen LogP contribution < -0.4 is 10.0 Å². The minimum Gasteiger partial charge on any atom is -0.508 e. The number of benzene rings is 1. The van der Waals surface area contributed by atoms with E-state index in [1.54, 1.807) is 0 Å². The number of phenolic OH excluding ortho intramolecular Hbond substituents is 1. The van der Waals surface area contributed by atoms with Crippen LogP contribution in [0.15, 0.2) is 18.2 Å². The Kier molecular flexibility index (Phi) is 4.62. The monoisotopic (exact) mass is 276 g/mol. The number of nitrogens with one attached hydrogen (secondary N) is 2. The zero-order valence-corrected chi connectivity index (χ0v) is 10.4. The maximum absolute atomic E-state index is 13.3. The van der Waals surface area contributed by atoms with Gasteiger partial charge in [0.15, 0.2) is 0 Å². The zero-order chi connectivity index (χ0) is 13.8. The van der Waals surface area contributed by atoms with Gasteiger partial charge in [0.05, 0.1) is 11.8 Å². The van der Waals surface area contributed by atoms with Crippen molar-refractivity contribution in [2.75, 3.05) is 19.3 Å². The first-order chi connectivity index (χ1) is 8.29. The second-order valence-electron chi connectivity index (χ2n) is 3.59. The summed E-state index contributed by atoms with van der Waals surface area (Å²) in [6, 6.07) is 3.15. The van der Waals surface area contributed by atoms with Crippen molar-refractivity contribution in [3.8, 4) is 5.75 Å². The molecule has 0 radical (unpaired) electrons. The first kappa shape index (κ1) is 14.4. The molecule has 1 rings (SSSR count). The van der Waals surface area contributed by atoms with Crippen LogP contribution in [0.25, 0.3) is 0 Å². The standard InChI is InChI=1S/C10H13FN2O4S/c1-18(16,17)13-5-4-12-10(15)8-3-2-7(14)6-9(8)11/h2-3,6,13-14H,4-5H2,1H3,(H,12,15). The smallest absolute Gasteiger partial charge is 0.254 e. The van der Waals surface area contributed by atoms with E-state index in [0.717, 1.165) is 18.4 Å². The molecule has 8 heteroatoms. The zero-order valence-electron chi connectivity index (χ0n) is 9.60. The Bertz CT molecular complexity index is 545. The van der Waals surface area contributed by atoms with Gasteiger partial charge in [0, 0.05) is 19.2 Å². The van der Waals surface area contributed by atoms with Gasteiger partial charge in [-0.1, -0.05) is 0 Å². The van der Waals surface area contributed by atoms with Gasteiger partial charge >= 0.3 is 0 Å². The maximum Gasteiger partial charge on any atom is 0.254 e. The van der Waals surface area contributed by atoms with Crippen LogP contribution in [-0.4, -0.2) is 38.8 Å². The fourth-order valence-corrected chi connectivity index (χ4v) is 1.67. The summed E-state index contributed by atoms with van der Waals surface area (Å²) < 4.78 is 36.9. The molecule has 3 N–H and O–H groups in total. The van der Waals surface area contributed by atoms with E-state index in [4.69, 9.17) is 5.11 Å². The minimum atomic E-state index is -3.31. The SMILES string of the molecule is CS(=O)(=O)NCCNC(=O)c1ccc(O)cc1F. The Morgan fingerprint density at radius 3 is 2.61 bits per heavy atom. The Labute approximate surface area is 104 Å². The molecule has 1 aromatic carbocycles. The molecule has 0 heterocycles. The number of hydrogen-bond donors (Lipinski definition) is 3. The molecule has 0 atom stereocenters. The van der Waals surface area contributed by atoms with Gasteiger partial charge in [-0.3, -0.25) is 4.79 Å². The minimum absolute atomic E-state index is 0.0181. The molecule has 0 spiro atoms.